The minimum atomic E-state index is -4.57. The van der Waals surface area contributed by atoms with Gasteiger partial charge >= 0.3 is 6.18 Å². The SMILES string of the molecule is Cc1ncccc1C(=O)N1CCCC(c2nc(-c3cccs3)cc(C(F)(F)F)n2)C1. The van der Waals surface area contributed by atoms with E-state index in [1.807, 2.05) is 0 Å². The van der Waals surface area contributed by atoms with Gasteiger partial charge in [-0.15, -0.1) is 11.3 Å². The van der Waals surface area contributed by atoms with Crippen molar-refractivity contribution in [3.05, 3.63) is 64.7 Å². The third kappa shape index (κ3) is 4.21. The molecular weight excluding hydrogens is 413 g/mol. The molecule has 4 rings (SSSR count). The summed E-state index contributed by atoms with van der Waals surface area (Å²) in [6.07, 6.45) is -1.65. The molecular formula is C21H19F3N4OS. The predicted molar refractivity (Wildman–Crippen MR) is 107 cm³/mol. The minimum Gasteiger partial charge on any atom is -0.338 e. The van der Waals surface area contributed by atoms with Crippen LogP contribution in [0.4, 0.5) is 13.2 Å². The highest BCUT2D eigenvalue weighted by Gasteiger charge is 2.36. The van der Waals surface area contributed by atoms with E-state index in [4.69, 9.17) is 0 Å². The van der Waals surface area contributed by atoms with E-state index in [9.17, 15) is 18.0 Å². The Hall–Kier alpha value is -2.81. The lowest BCUT2D eigenvalue weighted by Gasteiger charge is -2.32. The number of halogens is 3. The maximum Gasteiger partial charge on any atom is 0.433 e. The summed E-state index contributed by atoms with van der Waals surface area (Å²) in [5, 5.41) is 1.79. The van der Waals surface area contributed by atoms with E-state index in [0.29, 0.717) is 35.5 Å². The first-order chi connectivity index (χ1) is 14.3. The smallest absolute Gasteiger partial charge is 0.338 e. The molecule has 1 fully saturated rings. The number of rotatable bonds is 3. The molecule has 0 aromatic carbocycles. The molecule has 0 saturated carbocycles. The van der Waals surface area contributed by atoms with E-state index in [1.54, 1.807) is 47.7 Å². The zero-order valence-electron chi connectivity index (χ0n) is 16.2. The summed E-state index contributed by atoms with van der Waals surface area (Å²) < 4.78 is 40.4. The molecule has 1 saturated heterocycles. The Morgan fingerprint density at radius 2 is 2.07 bits per heavy atom. The number of aromatic nitrogens is 3. The summed E-state index contributed by atoms with van der Waals surface area (Å²) in [5.74, 6) is -0.398. The number of likely N-dealkylation sites (tertiary alicyclic amines) is 1. The Labute approximate surface area is 175 Å². The van der Waals surface area contributed by atoms with E-state index in [2.05, 4.69) is 15.0 Å². The fraction of sp³-hybridized carbons (Fsp3) is 0.333. The van der Waals surface area contributed by atoms with Crippen molar-refractivity contribution >= 4 is 17.2 Å². The normalized spacial score (nSPS) is 17.2. The number of hydrogen-bond acceptors (Lipinski definition) is 5. The number of nitrogens with zero attached hydrogens (tertiary/aromatic N) is 4. The van der Waals surface area contributed by atoms with Gasteiger partial charge in [0, 0.05) is 30.9 Å². The number of carbonyl (C=O) groups excluding carboxylic acids is 1. The molecule has 0 N–H and O–H groups in total. The lowest BCUT2D eigenvalue weighted by Crippen LogP contribution is -2.40. The van der Waals surface area contributed by atoms with E-state index in [0.717, 1.165) is 6.07 Å². The van der Waals surface area contributed by atoms with Gasteiger partial charge in [-0.1, -0.05) is 6.07 Å². The number of piperidine rings is 1. The second kappa shape index (κ2) is 8.14. The van der Waals surface area contributed by atoms with Gasteiger partial charge in [-0.3, -0.25) is 9.78 Å². The van der Waals surface area contributed by atoms with Crippen LogP contribution in [-0.2, 0) is 6.18 Å². The van der Waals surface area contributed by atoms with Gasteiger partial charge in [0.05, 0.1) is 16.1 Å². The summed E-state index contributed by atoms with van der Waals surface area (Å²) in [5.41, 5.74) is 0.429. The maximum absolute atomic E-state index is 13.5. The number of thiophene rings is 1. The van der Waals surface area contributed by atoms with Crippen LogP contribution in [0.2, 0.25) is 0 Å². The molecule has 0 spiro atoms. The Balaban J connectivity index is 1.65. The first-order valence-corrected chi connectivity index (χ1v) is 10.4. The van der Waals surface area contributed by atoms with Crippen LogP contribution in [0.5, 0.6) is 0 Å². The van der Waals surface area contributed by atoms with Crippen molar-refractivity contribution in [1.29, 1.82) is 0 Å². The number of carbonyl (C=O) groups is 1. The Morgan fingerprint density at radius 1 is 1.23 bits per heavy atom. The zero-order valence-corrected chi connectivity index (χ0v) is 17.0. The molecule has 0 bridgehead atoms. The number of amides is 1. The van der Waals surface area contributed by atoms with Crippen molar-refractivity contribution in [2.45, 2.75) is 31.9 Å². The third-order valence-electron chi connectivity index (χ3n) is 5.12. The second-order valence-electron chi connectivity index (χ2n) is 7.20. The third-order valence-corrected chi connectivity index (χ3v) is 6.01. The van der Waals surface area contributed by atoms with E-state index < -0.39 is 11.9 Å². The molecule has 1 aliphatic rings. The summed E-state index contributed by atoms with van der Waals surface area (Å²) in [6.45, 7) is 2.58. The monoisotopic (exact) mass is 432 g/mol. The minimum absolute atomic E-state index is 0.133. The van der Waals surface area contributed by atoms with Crippen molar-refractivity contribution in [2.24, 2.45) is 0 Å². The first kappa shape index (κ1) is 20.5. The molecule has 0 aliphatic carbocycles. The van der Waals surface area contributed by atoms with E-state index >= 15 is 0 Å². The van der Waals surface area contributed by atoms with Gasteiger partial charge in [-0.05, 0) is 49.4 Å². The van der Waals surface area contributed by atoms with Gasteiger partial charge in [0.25, 0.3) is 5.91 Å². The highest BCUT2D eigenvalue weighted by molar-refractivity contribution is 7.13. The summed E-state index contributed by atoms with van der Waals surface area (Å²) in [4.78, 5) is 27.7. The highest BCUT2D eigenvalue weighted by atomic mass is 32.1. The molecule has 30 heavy (non-hydrogen) atoms. The van der Waals surface area contributed by atoms with Crippen molar-refractivity contribution in [3.8, 4) is 10.6 Å². The van der Waals surface area contributed by atoms with Gasteiger partial charge in [0.15, 0.2) is 0 Å². The Kier molecular flexibility index (Phi) is 5.55. The number of aryl methyl sites for hydroxylation is 1. The van der Waals surface area contributed by atoms with Gasteiger partial charge in [0.1, 0.15) is 11.5 Å². The Morgan fingerprint density at radius 3 is 2.77 bits per heavy atom. The van der Waals surface area contributed by atoms with Crippen LogP contribution in [0.15, 0.2) is 41.9 Å². The van der Waals surface area contributed by atoms with E-state index in [-0.39, 0.29) is 29.9 Å². The molecule has 1 atom stereocenters. The van der Waals surface area contributed by atoms with Gasteiger partial charge in [-0.2, -0.15) is 13.2 Å². The van der Waals surface area contributed by atoms with Crippen LogP contribution in [-0.4, -0.2) is 38.8 Å². The van der Waals surface area contributed by atoms with Crippen LogP contribution in [0.3, 0.4) is 0 Å². The number of hydrogen-bond donors (Lipinski definition) is 0. The van der Waals surface area contributed by atoms with Crippen LogP contribution in [0.1, 0.15) is 46.3 Å². The Bertz CT molecular complexity index is 1050. The standard InChI is InChI=1S/C21H19F3N4OS/c1-13-15(6-2-8-25-13)20(29)28-9-3-5-14(12-28)19-26-16(17-7-4-10-30-17)11-18(27-19)21(22,23)24/h2,4,6-8,10-11,14H,3,5,9,12H2,1H3. The molecule has 3 aromatic rings. The number of alkyl halides is 3. The first-order valence-electron chi connectivity index (χ1n) is 9.54. The molecule has 4 heterocycles. The second-order valence-corrected chi connectivity index (χ2v) is 8.15. The van der Waals surface area contributed by atoms with Gasteiger partial charge < -0.3 is 4.90 Å². The average molecular weight is 432 g/mol. The van der Waals surface area contributed by atoms with Gasteiger partial charge in [0.2, 0.25) is 0 Å². The van der Waals surface area contributed by atoms with Crippen LogP contribution >= 0.6 is 11.3 Å². The van der Waals surface area contributed by atoms with Crippen molar-refractivity contribution in [1.82, 2.24) is 19.9 Å². The quantitative estimate of drug-likeness (QED) is 0.588. The molecule has 9 heteroatoms. The molecule has 3 aromatic heterocycles. The average Bonchev–Trinajstić information content (AvgIpc) is 3.28. The topological polar surface area (TPSA) is 59.0 Å². The van der Waals surface area contributed by atoms with Crippen LogP contribution < -0.4 is 0 Å². The van der Waals surface area contributed by atoms with Gasteiger partial charge in [-0.25, -0.2) is 9.97 Å². The fourth-order valence-corrected chi connectivity index (χ4v) is 4.28. The van der Waals surface area contributed by atoms with Crippen molar-refractivity contribution in [3.63, 3.8) is 0 Å². The largest absolute Gasteiger partial charge is 0.433 e. The molecule has 5 nitrogen and oxygen atoms in total. The molecule has 0 radical (unpaired) electrons. The fourth-order valence-electron chi connectivity index (χ4n) is 3.60. The summed E-state index contributed by atoms with van der Waals surface area (Å²) >= 11 is 1.33. The summed E-state index contributed by atoms with van der Waals surface area (Å²) in [6, 6.07) is 7.90. The predicted octanol–water partition coefficient (Wildman–Crippen LogP) is 4.95. The summed E-state index contributed by atoms with van der Waals surface area (Å²) in [7, 11) is 0. The highest BCUT2D eigenvalue weighted by Crippen LogP contribution is 2.34. The molecule has 1 aliphatic heterocycles. The molecule has 156 valence electrons. The zero-order chi connectivity index (χ0) is 21.3. The molecule has 1 amide bonds. The number of pyridine rings is 1. The van der Waals surface area contributed by atoms with Crippen LogP contribution in [0, 0.1) is 6.92 Å². The molecule has 1 unspecified atom stereocenters. The maximum atomic E-state index is 13.5. The van der Waals surface area contributed by atoms with Crippen molar-refractivity contribution in [2.75, 3.05) is 13.1 Å². The van der Waals surface area contributed by atoms with Crippen molar-refractivity contribution < 1.29 is 18.0 Å². The lowest BCUT2D eigenvalue weighted by molar-refractivity contribution is -0.141. The lowest BCUT2D eigenvalue weighted by atomic mass is 9.96. The van der Waals surface area contributed by atoms with E-state index in [1.165, 1.54) is 11.3 Å². The van der Waals surface area contributed by atoms with Crippen LogP contribution in [0.25, 0.3) is 10.6 Å².